The van der Waals surface area contributed by atoms with E-state index in [9.17, 15) is 19.2 Å². The molecule has 0 saturated carbocycles. The Labute approximate surface area is 308 Å². The highest BCUT2D eigenvalue weighted by Gasteiger charge is 2.55. The molecule has 1 aliphatic rings. The molecule has 0 unspecified atom stereocenters. The molecular weight excluding hydrogens is 688 g/mol. The van der Waals surface area contributed by atoms with E-state index in [1.807, 2.05) is 97.9 Å². The van der Waals surface area contributed by atoms with Gasteiger partial charge in [0.25, 0.3) is 5.91 Å². The van der Waals surface area contributed by atoms with Crippen LogP contribution in [0.25, 0.3) is 0 Å². The number of carbonyl (C=O) groups excluding carboxylic acids is 4. The SMILES string of the molecule is CNC(=O)Cc1cccc(C(=O)C[C@@H]2[C@@H]([C@@H](C)O[Si](C)(C)C(C)(C)C)C(=O)N2OC(=O)C=P(c2ccccc2)(c2ccccc2)c2ccccc2)c1. The van der Waals surface area contributed by atoms with E-state index in [0.717, 1.165) is 21.0 Å². The van der Waals surface area contributed by atoms with Crippen molar-refractivity contribution < 1.29 is 28.4 Å². The first-order chi connectivity index (χ1) is 24.7. The summed E-state index contributed by atoms with van der Waals surface area (Å²) in [6.45, 7) is 9.78. The van der Waals surface area contributed by atoms with Crippen molar-refractivity contribution in [1.29, 1.82) is 0 Å². The predicted molar refractivity (Wildman–Crippen MR) is 212 cm³/mol. The Morgan fingerprint density at radius 2 is 1.37 bits per heavy atom. The zero-order valence-corrected chi connectivity index (χ0v) is 32.9. The van der Waals surface area contributed by atoms with E-state index in [1.54, 1.807) is 37.1 Å². The molecule has 8 nitrogen and oxygen atoms in total. The van der Waals surface area contributed by atoms with Gasteiger partial charge in [-0.2, -0.15) is 5.06 Å². The van der Waals surface area contributed by atoms with E-state index in [4.69, 9.17) is 9.26 Å². The van der Waals surface area contributed by atoms with Crippen molar-refractivity contribution in [3.8, 4) is 0 Å². The number of hydrogen-bond acceptors (Lipinski definition) is 6. The number of nitrogens with zero attached hydrogens (tertiary/aromatic N) is 1. The van der Waals surface area contributed by atoms with Crippen LogP contribution in [-0.2, 0) is 30.1 Å². The van der Waals surface area contributed by atoms with E-state index in [-0.39, 0.29) is 29.6 Å². The molecule has 0 radical (unpaired) electrons. The number of carbonyl (C=O) groups is 4. The van der Waals surface area contributed by atoms with Crippen LogP contribution in [-0.4, -0.2) is 61.9 Å². The summed E-state index contributed by atoms with van der Waals surface area (Å²) >= 11 is 0. The molecule has 10 heteroatoms. The zero-order chi connectivity index (χ0) is 37.7. The fraction of sp³-hybridized carbons (Fsp3) is 0.310. The van der Waals surface area contributed by atoms with Crippen molar-refractivity contribution in [2.24, 2.45) is 5.92 Å². The molecule has 2 amide bonds. The van der Waals surface area contributed by atoms with E-state index in [2.05, 4.69) is 39.2 Å². The lowest BCUT2D eigenvalue weighted by Gasteiger charge is -2.49. The number of amides is 2. The summed E-state index contributed by atoms with van der Waals surface area (Å²) in [5, 5.41) is 6.45. The number of β-lactam (4-membered cyclic amide) rings is 1. The van der Waals surface area contributed by atoms with E-state index < -0.39 is 45.1 Å². The molecule has 1 heterocycles. The molecule has 1 aliphatic heterocycles. The highest BCUT2D eigenvalue weighted by atomic mass is 31.2. The molecule has 4 aromatic rings. The molecular formula is C42H49N2O6PSi. The van der Waals surface area contributed by atoms with Gasteiger partial charge in [-0.1, -0.05) is 130 Å². The molecule has 0 spiro atoms. The molecule has 5 rings (SSSR count). The number of likely N-dealkylation sites (N-methyl/N-ethyl adjacent to an activating group) is 1. The molecule has 0 bridgehead atoms. The highest BCUT2D eigenvalue weighted by molar-refractivity contribution is 7.95. The molecule has 3 atom stereocenters. The van der Waals surface area contributed by atoms with Crippen LogP contribution in [0.1, 0.15) is 50.0 Å². The molecule has 1 fully saturated rings. The highest BCUT2D eigenvalue weighted by Crippen LogP contribution is 2.45. The largest absolute Gasteiger partial charge is 0.413 e. The molecule has 1 N–H and O–H groups in total. The van der Waals surface area contributed by atoms with E-state index >= 15 is 0 Å². The fourth-order valence-electron chi connectivity index (χ4n) is 6.46. The quantitative estimate of drug-likeness (QED) is 0.0778. The standard InChI is InChI=1S/C42H49N2O6PSi/c1-30(50-52(6,7)42(2,3)4)40-36(28-37(45)32-19-17-18-31(26-32)27-38(46)43-5)44(41(40)48)49-39(47)29-51(33-20-11-8-12-21-33,34-22-13-9-14-23-34)35-24-15-10-16-25-35/h8-26,29-30,36,40H,27-28H2,1-7H3,(H,43,46)/t30-,36-,40-/m1/s1. The van der Waals surface area contributed by atoms with E-state index in [1.165, 1.54) is 0 Å². The van der Waals surface area contributed by atoms with Crippen LogP contribution in [0.15, 0.2) is 115 Å². The van der Waals surface area contributed by atoms with Crippen molar-refractivity contribution in [2.75, 3.05) is 7.05 Å². The maximum Gasteiger partial charge on any atom is 0.357 e. The van der Waals surface area contributed by atoms with Gasteiger partial charge in [0.2, 0.25) is 5.91 Å². The van der Waals surface area contributed by atoms with Gasteiger partial charge in [-0.3, -0.25) is 14.4 Å². The number of hydroxylamine groups is 2. The lowest BCUT2D eigenvalue weighted by atomic mass is 9.81. The number of nitrogens with one attached hydrogen (secondary N) is 1. The molecule has 1 saturated heterocycles. The smallest absolute Gasteiger partial charge is 0.357 e. The van der Waals surface area contributed by atoms with Crippen molar-refractivity contribution in [2.45, 2.75) is 70.8 Å². The molecule has 0 aromatic heterocycles. The summed E-state index contributed by atoms with van der Waals surface area (Å²) < 4.78 is 6.67. The first-order valence-corrected chi connectivity index (χ1v) is 22.4. The minimum absolute atomic E-state index is 0.0886. The van der Waals surface area contributed by atoms with E-state index in [0.29, 0.717) is 11.1 Å². The molecule has 272 valence electrons. The summed E-state index contributed by atoms with van der Waals surface area (Å²) in [6.07, 6.45) is -0.475. The van der Waals surface area contributed by atoms with Gasteiger partial charge >= 0.3 is 5.97 Å². The number of Topliss-reactive ketones (excluding diaryl/α,β-unsaturated/α-hetero) is 1. The summed E-state index contributed by atoms with van der Waals surface area (Å²) in [6, 6.07) is 35.8. The van der Waals surface area contributed by atoms with Crippen LogP contribution in [0, 0.1) is 5.92 Å². The van der Waals surface area contributed by atoms with Gasteiger partial charge in [-0.25, -0.2) is 4.79 Å². The number of hydrogen-bond donors (Lipinski definition) is 1. The van der Waals surface area contributed by atoms with Gasteiger partial charge in [-0.05, 0) is 59.5 Å². The summed E-state index contributed by atoms with van der Waals surface area (Å²) in [4.78, 5) is 60.2. The second-order valence-corrected chi connectivity index (χ2v) is 22.8. The maximum absolute atomic E-state index is 14.3. The zero-order valence-electron chi connectivity index (χ0n) is 31.0. The van der Waals surface area contributed by atoms with Gasteiger partial charge in [0, 0.05) is 24.8 Å². The first-order valence-electron chi connectivity index (χ1n) is 17.6. The lowest BCUT2D eigenvalue weighted by Crippen LogP contribution is -2.66. The molecule has 0 aliphatic carbocycles. The van der Waals surface area contributed by atoms with Gasteiger partial charge in [0.1, 0.15) is 0 Å². The van der Waals surface area contributed by atoms with Gasteiger partial charge in [-0.15, -0.1) is 0 Å². The lowest BCUT2D eigenvalue weighted by molar-refractivity contribution is -0.239. The van der Waals surface area contributed by atoms with Crippen LogP contribution >= 0.6 is 6.89 Å². The monoisotopic (exact) mass is 736 g/mol. The average molecular weight is 737 g/mol. The minimum atomic E-state index is -2.72. The average Bonchev–Trinajstić information content (AvgIpc) is 3.13. The summed E-state index contributed by atoms with van der Waals surface area (Å²) in [7, 11) is -0.738. The summed E-state index contributed by atoms with van der Waals surface area (Å²) in [5.74, 6) is -0.547. The number of rotatable bonds is 13. The van der Waals surface area contributed by atoms with Crippen LogP contribution < -0.4 is 21.2 Å². The van der Waals surface area contributed by atoms with Crippen molar-refractivity contribution in [3.63, 3.8) is 0 Å². The van der Waals surface area contributed by atoms with Gasteiger partial charge in [0.15, 0.2) is 14.1 Å². The third kappa shape index (κ3) is 8.23. The van der Waals surface area contributed by atoms with Crippen LogP contribution in [0.4, 0.5) is 0 Å². The first kappa shape index (κ1) is 38.7. The number of benzene rings is 4. The Morgan fingerprint density at radius 1 is 0.846 bits per heavy atom. The Hall–Kier alpha value is -4.56. The normalized spacial score (nSPS) is 16.8. The second-order valence-electron chi connectivity index (χ2n) is 14.8. The maximum atomic E-state index is 14.3. The van der Waals surface area contributed by atoms with Crippen molar-refractivity contribution in [3.05, 3.63) is 126 Å². The van der Waals surface area contributed by atoms with Crippen molar-refractivity contribution in [1.82, 2.24) is 10.4 Å². The third-order valence-electron chi connectivity index (χ3n) is 10.3. The van der Waals surface area contributed by atoms with Gasteiger partial charge < -0.3 is 14.6 Å². The Balaban J connectivity index is 1.53. The van der Waals surface area contributed by atoms with Crippen molar-refractivity contribution >= 4 is 60.5 Å². The second kappa shape index (κ2) is 16.0. The Kier molecular flexibility index (Phi) is 11.9. The summed E-state index contributed by atoms with van der Waals surface area (Å²) in [5.41, 5.74) is 1.11. The predicted octanol–water partition coefficient (Wildman–Crippen LogP) is 6.04. The fourth-order valence-corrected chi connectivity index (χ4v) is 11.5. The molecule has 52 heavy (non-hydrogen) atoms. The topological polar surface area (TPSA) is 102 Å². The Bertz CT molecular complexity index is 1860. The minimum Gasteiger partial charge on any atom is -0.413 e. The van der Waals surface area contributed by atoms with Gasteiger partial charge in [0.05, 0.1) is 24.5 Å². The number of ketones is 1. The van der Waals surface area contributed by atoms with Crippen LogP contribution in [0.3, 0.4) is 0 Å². The Morgan fingerprint density at radius 3 is 1.85 bits per heavy atom. The van der Waals surface area contributed by atoms with Crippen LogP contribution in [0.2, 0.25) is 18.1 Å². The third-order valence-corrected chi connectivity index (χ3v) is 18.8. The van der Waals surface area contributed by atoms with Crippen LogP contribution in [0.5, 0.6) is 0 Å². The molecule has 4 aromatic carbocycles.